The van der Waals surface area contributed by atoms with Gasteiger partial charge < -0.3 is 9.30 Å². The maximum absolute atomic E-state index is 5.61. The van der Waals surface area contributed by atoms with Crippen molar-refractivity contribution < 1.29 is 4.74 Å². The topological polar surface area (TPSA) is 42.8 Å². The summed E-state index contributed by atoms with van der Waals surface area (Å²) >= 11 is 5.24. The number of hydrogen-bond donors (Lipinski definition) is 1. The van der Waals surface area contributed by atoms with Crippen LogP contribution in [0.1, 0.15) is 44.9 Å². The lowest BCUT2D eigenvalue weighted by atomic mass is 10.1. The molecule has 0 amide bonds. The highest BCUT2D eigenvalue weighted by molar-refractivity contribution is 7.71. The predicted octanol–water partition coefficient (Wildman–Crippen LogP) is 2.63. The average molecular weight is 241 g/mol. The number of H-pyrrole nitrogens is 1. The average Bonchev–Trinajstić information content (AvgIpc) is 2.84. The van der Waals surface area contributed by atoms with Crippen molar-refractivity contribution in [2.45, 2.75) is 51.7 Å². The molecule has 1 N–H and O–H groups in total. The number of ether oxygens (including phenoxy) is 1. The molecule has 1 aromatic heterocycles. The zero-order valence-electron chi connectivity index (χ0n) is 9.90. The number of nitrogens with one attached hydrogen (secondary N) is 1. The van der Waals surface area contributed by atoms with Gasteiger partial charge in [0.15, 0.2) is 4.77 Å². The van der Waals surface area contributed by atoms with Crippen molar-refractivity contribution in [1.29, 1.82) is 0 Å². The molecule has 0 bridgehead atoms. The normalized spacial score (nSPS) is 20.8. The Morgan fingerprint density at radius 3 is 3.06 bits per heavy atom. The summed E-state index contributed by atoms with van der Waals surface area (Å²) in [5.74, 6) is 1.44. The minimum atomic E-state index is 0.400. The first-order chi connectivity index (χ1) is 7.68. The van der Waals surface area contributed by atoms with Crippen LogP contribution in [-0.4, -0.2) is 27.5 Å². The molecule has 0 aliphatic carbocycles. The molecule has 0 saturated carbocycles. The van der Waals surface area contributed by atoms with E-state index in [1.54, 1.807) is 0 Å². The van der Waals surface area contributed by atoms with E-state index in [-0.39, 0.29) is 0 Å². The highest BCUT2D eigenvalue weighted by atomic mass is 32.1. The second-order valence-electron chi connectivity index (χ2n) is 4.62. The number of nitrogens with zero attached hydrogens (tertiary/aromatic N) is 2. The van der Waals surface area contributed by atoms with E-state index in [0.29, 0.717) is 12.0 Å². The van der Waals surface area contributed by atoms with Crippen LogP contribution in [0.15, 0.2) is 0 Å². The first-order valence-electron chi connectivity index (χ1n) is 5.95. The standard InChI is InChI=1S/C11H19N3OS/c1-8(2)10-12-13-11(16)14(10)6-5-9-4-3-7-15-9/h8-9H,3-7H2,1-2H3,(H,13,16). The van der Waals surface area contributed by atoms with Gasteiger partial charge in [-0.15, -0.1) is 0 Å². The van der Waals surface area contributed by atoms with Crippen LogP contribution in [0.25, 0.3) is 0 Å². The van der Waals surface area contributed by atoms with Crippen LogP contribution in [0, 0.1) is 4.77 Å². The minimum Gasteiger partial charge on any atom is -0.378 e. The summed E-state index contributed by atoms with van der Waals surface area (Å²) in [6.07, 6.45) is 3.82. The molecule has 1 unspecified atom stereocenters. The van der Waals surface area contributed by atoms with Gasteiger partial charge in [-0.2, -0.15) is 5.10 Å². The van der Waals surface area contributed by atoms with Gasteiger partial charge in [0.1, 0.15) is 5.82 Å². The van der Waals surface area contributed by atoms with Crippen molar-refractivity contribution in [1.82, 2.24) is 14.8 Å². The molecule has 1 atom stereocenters. The molecule has 16 heavy (non-hydrogen) atoms. The van der Waals surface area contributed by atoms with Crippen molar-refractivity contribution in [3.63, 3.8) is 0 Å². The van der Waals surface area contributed by atoms with Crippen LogP contribution in [0.4, 0.5) is 0 Å². The maximum Gasteiger partial charge on any atom is 0.195 e. The van der Waals surface area contributed by atoms with E-state index in [1.165, 1.54) is 12.8 Å². The molecule has 0 spiro atoms. The molecule has 2 rings (SSSR count). The summed E-state index contributed by atoms with van der Waals surface area (Å²) < 4.78 is 8.44. The van der Waals surface area contributed by atoms with Gasteiger partial charge in [-0.05, 0) is 31.5 Å². The fourth-order valence-electron chi connectivity index (χ4n) is 2.13. The molecule has 4 nitrogen and oxygen atoms in total. The quantitative estimate of drug-likeness (QED) is 0.824. The van der Waals surface area contributed by atoms with Crippen LogP contribution in [0.2, 0.25) is 0 Å². The number of rotatable bonds is 4. The van der Waals surface area contributed by atoms with E-state index in [1.807, 2.05) is 0 Å². The molecule has 0 aromatic carbocycles. The van der Waals surface area contributed by atoms with Gasteiger partial charge in [0, 0.05) is 19.1 Å². The van der Waals surface area contributed by atoms with E-state index in [9.17, 15) is 0 Å². The van der Waals surface area contributed by atoms with Gasteiger partial charge in [-0.25, -0.2) is 0 Å². The van der Waals surface area contributed by atoms with Gasteiger partial charge >= 0.3 is 0 Å². The summed E-state index contributed by atoms with van der Waals surface area (Å²) in [5.41, 5.74) is 0. The molecule has 90 valence electrons. The Hall–Kier alpha value is -0.680. The Bertz CT molecular complexity index is 390. The van der Waals surface area contributed by atoms with Gasteiger partial charge in [0.05, 0.1) is 6.10 Å². The van der Waals surface area contributed by atoms with Crippen molar-refractivity contribution in [3.8, 4) is 0 Å². The summed E-state index contributed by atoms with van der Waals surface area (Å²) in [4.78, 5) is 0. The molecule has 0 radical (unpaired) electrons. The minimum absolute atomic E-state index is 0.400. The SMILES string of the molecule is CC(C)c1n[nH]c(=S)n1CCC1CCCO1. The fourth-order valence-corrected chi connectivity index (χ4v) is 2.36. The Balaban J connectivity index is 2.02. The van der Waals surface area contributed by atoms with Crippen LogP contribution in [0.5, 0.6) is 0 Å². The van der Waals surface area contributed by atoms with Crippen molar-refractivity contribution >= 4 is 12.2 Å². The zero-order chi connectivity index (χ0) is 11.5. The summed E-state index contributed by atoms with van der Waals surface area (Å²) in [6, 6.07) is 0. The van der Waals surface area contributed by atoms with Gasteiger partial charge in [0.2, 0.25) is 0 Å². The number of aromatic nitrogens is 3. The van der Waals surface area contributed by atoms with E-state index >= 15 is 0 Å². The third-order valence-corrected chi connectivity index (χ3v) is 3.31. The van der Waals surface area contributed by atoms with Crippen LogP contribution < -0.4 is 0 Å². The van der Waals surface area contributed by atoms with Gasteiger partial charge in [-0.1, -0.05) is 13.8 Å². The highest BCUT2D eigenvalue weighted by Gasteiger charge is 2.17. The van der Waals surface area contributed by atoms with E-state index in [0.717, 1.165) is 30.2 Å². The highest BCUT2D eigenvalue weighted by Crippen LogP contribution is 2.18. The fraction of sp³-hybridized carbons (Fsp3) is 0.818. The van der Waals surface area contributed by atoms with E-state index in [2.05, 4.69) is 28.6 Å². The second kappa shape index (κ2) is 5.10. The van der Waals surface area contributed by atoms with Crippen LogP contribution in [-0.2, 0) is 11.3 Å². The molecule has 5 heteroatoms. The maximum atomic E-state index is 5.61. The lowest BCUT2D eigenvalue weighted by Gasteiger charge is -2.12. The molecule has 1 fully saturated rings. The van der Waals surface area contributed by atoms with E-state index in [4.69, 9.17) is 17.0 Å². The molecule has 2 heterocycles. The van der Waals surface area contributed by atoms with E-state index < -0.39 is 0 Å². The van der Waals surface area contributed by atoms with Gasteiger partial charge in [0.25, 0.3) is 0 Å². The van der Waals surface area contributed by atoms with Crippen LogP contribution in [0.3, 0.4) is 0 Å². The first-order valence-corrected chi connectivity index (χ1v) is 6.36. The Kier molecular flexibility index (Phi) is 3.76. The van der Waals surface area contributed by atoms with Crippen molar-refractivity contribution in [2.24, 2.45) is 0 Å². The third-order valence-electron chi connectivity index (χ3n) is 3.00. The van der Waals surface area contributed by atoms with Crippen LogP contribution >= 0.6 is 12.2 Å². The largest absolute Gasteiger partial charge is 0.378 e. The Morgan fingerprint density at radius 2 is 2.44 bits per heavy atom. The monoisotopic (exact) mass is 241 g/mol. The molecule has 1 saturated heterocycles. The summed E-state index contributed by atoms with van der Waals surface area (Å²) in [7, 11) is 0. The number of hydrogen-bond acceptors (Lipinski definition) is 3. The molecule has 1 aliphatic rings. The zero-order valence-corrected chi connectivity index (χ0v) is 10.7. The lowest BCUT2D eigenvalue weighted by Crippen LogP contribution is -2.12. The lowest BCUT2D eigenvalue weighted by molar-refractivity contribution is 0.1000. The predicted molar refractivity (Wildman–Crippen MR) is 65.1 cm³/mol. The van der Waals surface area contributed by atoms with Crippen molar-refractivity contribution in [3.05, 3.63) is 10.6 Å². The molecular formula is C11H19N3OS. The third kappa shape index (κ3) is 2.52. The number of aromatic amines is 1. The molecule has 1 aromatic rings. The second-order valence-corrected chi connectivity index (χ2v) is 5.00. The molecular weight excluding hydrogens is 222 g/mol. The summed E-state index contributed by atoms with van der Waals surface area (Å²) in [5, 5.41) is 7.13. The van der Waals surface area contributed by atoms with Gasteiger partial charge in [-0.3, -0.25) is 5.10 Å². The Labute approximate surface area is 101 Å². The van der Waals surface area contributed by atoms with Crippen molar-refractivity contribution in [2.75, 3.05) is 6.61 Å². The smallest absolute Gasteiger partial charge is 0.195 e. The molecule has 1 aliphatic heterocycles. The Morgan fingerprint density at radius 1 is 1.62 bits per heavy atom. The summed E-state index contributed by atoms with van der Waals surface area (Å²) in [6.45, 7) is 6.09. The first kappa shape index (κ1) is 11.8.